The standard InChI is InChI=1S/C16H12ClN3O/c1-11-4-2-5-13(20-11)16-14(6-3-8-19-16)21-12-7-9-18-15(17)10-12/h2-10H,1H3. The van der Waals surface area contributed by atoms with E-state index in [1.165, 1.54) is 0 Å². The molecule has 4 nitrogen and oxygen atoms in total. The lowest BCUT2D eigenvalue weighted by molar-refractivity contribution is 0.481. The lowest BCUT2D eigenvalue weighted by Gasteiger charge is -2.10. The molecule has 3 aromatic rings. The Bertz CT molecular complexity index is 777. The molecule has 0 unspecified atom stereocenters. The lowest BCUT2D eigenvalue weighted by Crippen LogP contribution is -1.94. The molecule has 0 saturated heterocycles. The molecule has 5 heteroatoms. The van der Waals surface area contributed by atoms with Crippen LogP contribution in [0, 0.1) is 6.92 Å². The minimum Gasteiger partial charge on any atom is -0.455 e. The number of hydrogen-bond acceptors (Lipinski definition) is 4. The van der Waals surface area contributed by atoms with Crippen molar-refractivity contribution in [2.24, 2.45) is 0 Å². The maximum Gasteiger partial charge on any atom is 0.155 e. The van der Waals surface area contributed by atoms with Crippen LogP contribution in [-0.2, 0) is 0 Å². The van der Waals surface area contributed by atoms with Crippen molar-refractivity contribution in [3.63, 3.8) is 0 Å². The zero-order chi connectivity index (χ0) is 14.7. The number of nitrogens with zero attached hydrogens (tertiary/aromatic N) is 3. The summed E-state index contributed by atoms with van der Waals surface area (Å²) in [6.45, 7) is 1.94. The average molecular weight is 298 g/mol. The molecule has 3 heterocycles. The van der Waals surface area contributed by atoms with Crippen LogP contribution in [0.3, 0.4) is 0 Å². The summed E-state index contributed by atoms with van der Waals surface area (Å²) in [4.78, 5) is 12.8. The van der Waals surface area contributed by atoms with Gasteiger partial charge in [0, 0.05) is 24.2 Å². The first-order valence-electron chi connectivity index (χ1n) is 6.41. The lowest BCUT2D eigenvalue weighted by atomic mass is 10.2. The van der Waals surface area contributed by atoms with Gasteiger partial charge in [0.25, 0.3) is 0 Å². The van der Waals surface area contributed by atoms with Crippen LogP contribution in [-0.4, -0.2) is 15.0 Å². The molecule has 0 spiro atoms. The third kappa shape index (κ3) is 3.17. The Morgan fingerprint density at radius 2 is 1.90 bits per heavy atom. The van der Waals surface area contributed by atoms with Gasteiger partial charge in [-0.25, -0.2) is 4.98 Å². The molecule has 0 aliphatic heterocycles. The van der Waals surface area contributed by atoms with Gasteiger partial charge in [0.1, 0.15) is 16.6 Å². The smallest absolute Gasteiger partial charge is 0.155 e. The Labute approximate surface area is 127 Å². The summed E-state index contributed by atoms with van der Waals surface area (Å²) in [6.07, 6.45) is 3.31. The Kier molecular flexibility index (Phi) is 3.79. The van der Waals surface area contributed by atoms with Gasteiger partial charge in [-0.3, -0.25) is 9.97 Å². The predicted molar refractivity (Wildman–Crippen MR) is 81.5 cm³/mol. The first-order chi connectivity index (χ1) is 10.2. The second-order valence-electron chi connectivity index (χ2n) is 4.43. The Morgan fingerprint density at radius 1 is 1.00 bits per heavy atom. The van der Waals surface area contributed by atoms with Gasteiger partial charge in [-0.15, -0.1) is 0 Å². The van der Waals surface area contributed by atoms with Gasteiger partial charge in [0.05, 0.1) is 5.69 Å². The highest BCUT2D eigenvalue weighted by atomic mass is 35.5. The van der Waals surface area contributed by atoms with Crippen molar-refractivity contribution in [3.8, 4) is 22.9 Å². The van der Waals surface area contributed by atoms with Gasteiger partial charge in [0.15, 0.2) is 5.75 Å². The molecule has 0 aromatic carbocycles. The Hall–Kier alpha value is -2.46. The molecule has 104 valence electrons. The number of aryl methyl sites for hydroxylation is 1. The SMILES string of the molecule is Cc1cccc(-c2ncccc2Oc2ccnc(Cl)c2)n1. The third-order valence-corrected chi connectivity index (χ3v) is 3.03. The highest BCUT2D eigenvalue weighted by Gasteiger charge is 2.10. The number of hydrogen-bond donors (Lipinski definition) is 0. The highest BCUT2D eigenvalue weighted by Crippen LogP contribution is 2.30. The van der Waals surface area contributed by atoms with E-state index in [4.69, 9.17) is 16.3 Å². The van der Waals surface area contributed by atoms with Crippen LogP contribution in [0.1, 0.15) is 5.69 Å². The van der Waals surface area contributed by atoms with Gasteiger partial charge in [-0.1, -0.05) is 17.7 Å². The van der Waals surface area contributed by atoms with Crippen LogP contribution in [0.15, 0.2) is 54.9 Å². The van der Waals surface area contributed by atoms with E-state index in [0.717, 1.165) is 11.4 Å². The second-order valence-corrected chi connectivity index (χ2v) is 4.82. The van der Waals surface area contributed by atoms with Crippen LogP contribution in [0.2, 0.25) is 5.15 Å². The van der Waals surface area contributed by atoms with E-state index in [1.54, 1.807) is 24.5 Å². The van der Waals surface area contributed by atoms with Crippen LogP contribution < -0.4 is 4.74 Å². The zero-order valence-electron chi connectivity index (χ0n) is 11.3. The predicted octanol–water partition coefficient (Wildman–Crippen LogP) is 4.29. The topological polar surface area (TPSA) is 47.9 Å². The van der Waals surface area contributed by atoms with Crippen molar-refractivity contribution < 1.29 is 4.74 Å². The number of rotatable bonds is 3. The van der Waals surface area contributed by atoms with Crippen molar-refractivity contribution in [1.82, 2.24) is 15.0 Å². The molecule has 0 saturated carbocycles. The number of ether oxygens (including phenoxy) is 1. The van der Waals surface area contributed by atoms with E-state index >= 15 is 0 Å². The molecular weight excluding hydrogens is 286 g/mol. The summed E-state index contributed by atoms with van der Waals surface area (Å²) in [5.74, 6) is 1.23. The number of pyridine rings is 3. The first-order valence-corrected chi connectivity index (χ1v) is 6.78. The zero-order valence-corrected chi connectivity index (χ0v) is 12.1. The minimum atomic E-state index is 0.381. The van der Waals surface area contributed by atoms with Gasteiger partial charge in [-0.05, 0) is 37.3 Å². The van der Waals surface area contributed by atoms with E-state index in [2.05, 4.69) is 15.0 Å². The first kappa shape index (κ1) is 13.5. The summed E-state index contributed by atoms with van der Waals surface area (Å²) < 4.78 is 5.86. The summed E-state index contributed by atoms with van der Waals surface area (Å²) in [7, 11) is 0. The van der Waals surface area contributed by atoms with E-state index in [0.29, 0.717) is 22.3 Å². The van der Waals surface area contributed by atoms with Gasteiger partial charge in [-0.2, -0.15) is 0 Å². The van der Waals surface area contributed by atoms with E-state index in [9.17, 15) is 0 Å². The Balaban J connectivity index is 2.00. The molecule has 0 aliphatic rings. The summed E-state index contributed by atoms with van der Waals surface area (Å²) in [5.41, 5.74) is 2.39. The fourth-order valence-electron chi connectivity index (χ4n) is 1.92. The highest BCUT2D eigenvalue weighted by molar-refractivity contribution is 6.29. The molecule has 3 rings (SSSR count). The van der Waals surface area contributed by atoms with E-state index in [1.807, 2.05) is 37.3 Å². The fraction of sp³-hybridized carbons (Fsp3) is 0.0625. The maximum atomic E-state index is 5.87. The van der Waals surface area contributed by atoms with E-state index in [-0.39, 0.29) is 0 Å². The van der Waals surface area contributed by atoms with Crippen molar-refractivity contribution in [3.05, 3.63) is 65.7 Å². The van der Waals surface area contributed by atoms with Crippen LogP contribution >= 0.6 is 11.6 Å². The molecule has 0 amide bonds. The maximum absolute atomic E-state index is 5.87. The quantitative estimate of drug-likeness (QED) is 0.677. The van der Waals surface area contributed by atoms with Crippen LogP contribution in [0.5, 0.6) is 11.5 Å². The molecule has 21 heavy (non-hydrogen) atoms. The van der Waals surface area contributed by atoms with Crippen LogP contribution in [0.4, 0.5) is 0 Å². The average Bonchev–Trinajstić information content (AvgIpc) is 2.48. The molecule has 3 aromatic heterocycles. The molecule has 0 atom stereocenters. The van der Waals surface area contributed by atoms with Gasteiger partial charge in [0.2, 0.25) is 0 Å². The monoisotopic (exact) mass is 297 g/mol. The molecule has 0 radical (unpaired) electrons. The Morgan fingerprint density at radius 3 is 2.71 bits per heavy atom. The van der Waals surface area contributed by atoms with Crippen molar-refractivity contribution >= 4 is 11.6 Å². The van der Waals surface area contributed by atoms with Gasteiger partial charge < -0.3 is 4.74 Å². The third-order valence-electron chi connectivity index (χ3n) is 2.83. The second kappa shape index (κ2) is 5.89. The summed E-state index contributed by atoms with van der Waals surface area (Å²) >= 11 is 5.87. The number of halogens is 1. The summed E-state index contributed by atoms with van der Waals surface area (Å²) in [6, 6.07) is 12.9. The normalized spacial score (nSPS) is 10.4. The van der Waals surface area contributed by atoms with Crippen molar-refractivity contribution in [1.29, 1.82) is 0 Å². The molecule has 0 N–H and O–H groups in total. The minimum absolute atomic E-state index is 0.381. The largest absolute Gasteiger partial charge is 0.455 e. The molecule has 0 bridgehead atoms. The van der Waals surface area contributed by atoms with E-state index < -0.39 is 0 Å². The molecule has 0 fully saturated rings. The van der Waals surface area contributed by atoms with Crippen LogP contribution in [0.25, 0.3) is 11.4 Å². The van der Waals surface area contributed by atoms with Crippen molar-refractivity contribution in [2.75, 3.05) is 0 Å². The van der Waals surface area contributed by atoms with Crippen molar-refractivity contribution in [2.45, 2.75) is 6.92 Å². The fourth-order valence-corrected chi connectivity index (χ4v) is 2.08. The molecule has 0 aliphatic carbocycles. The summed E-state index contributed by atoms with van der Waals surface area (Å²) in [5, 5.41) is 0.381. The van der Waals surface area contributed by atoms with Gasteiger partial charge >= 0.3 is 0 Å². The molecular formula is C16H12ClN3O. The number of aromatic nitrogens is 3.